The molecule has 0 fully saturated rings. The van der Waals surface area contributed by atoms with E-state index in [-0.39, 0.29) is 11.4 Å². The number of methoxy groups -OCH3 is 1. The second-order valence-electron chi connectivity index (χ2n) is 2.79. The average molecular weight is 225 g/mol. The Hall–Kier alpha value is -1.62. The molecule has 1 aromatic carbocycles. The van der Waals surface area contributed by atoms with Crippen molar-refractivity contribution in [2.45, 2.75) is 6.42 Å². The summed E-state index contributed by atoms with van der Waals surface area (Å²) in [6.07, 6.45) is -0.0542. The summed E-state index contributed by atoms with van der Waals surface area (Å²) in [5, 5.41) is 0. The molecule has 15 heavy (non-hydrogen) atoms. The molecule has 0 aromatic heterocycles. The molecular formula is C10H11NO3S. The minimum atomic E-state index is -0.465. The van der Waals surface area contributed by atoms with Crippen LogP contribution in [0.5, 0.6) is 11.5 Å². The lowest BCUT2D eigenvalue weighted by Gasteiger charge is -2.04. The van der Waals surface area contributed by atoms with E-state index in [4.69, 9.17) is 15.2 Å². The Morgan fingerprint density at radius 1 is 1.33 bits per heavy atom. The van der Waals surface area contributed by atoms with Gasteiger partial charge in [-0.2, -0.15) is 0 Å². The number of hydrogen-bond acceptors (Lipinski definition) is 4. The summed E-state index contributed by atoms with van der Waals surface area (Å²) in [6, 6.07) is 6.67. The van der Waals surface area contributed by atoms with E-state index in [9.17, 15) is 4.79 Å². The van der Waals surface area contributed by atoms with Gasteiger partial charge >= 0.3 is 5.97 Å². The van der Waals surface area contributed by atoms with Crippen molar-refractivity contribution in [2.24, 2.45) is 5.73 Å². The smallest absolute Gasteiger partial charge is 0.318 e. The fourth-order valence-electron chi connectivity index (χ4n) is 0.954. The highest BCUT2D eigenvalue weighted by Gasteiger charge is 2.06. The van der Waals surface area contributed by atoms with Crippen LogP contribution in [0, 0.1) is 0 Å². The van der Waals surface area contributed by atoms with Crippen LogP contribution in [0.15, 0.2) is 24.3 Å². The molecule has 0 unspecified atom stereocenters. The molecule has 0 aliphatic rings. The third kappa shape index (κ3) is 3.95. The van der Waals surface area contributed by atoms with Crippen molar-refractivity contribution >= 4 is 23.2 Å². The number of hydrogen-bond donors (Lipinski definition) is 1. The van der Waals surface area contributed by atoms with Gasteiger partial charge in [0.05, 0.1) is 18.5 Å². The van der Waals surface area contributed by atoms with Crippen LogP contribution in [0.4, 0.5) is 0 Å². The first-order valence-corrected chi connectivity index (χ1v) is 4.65. The van der Waals surface area contributed by atoms with Crippen LogP contribution < -0.4 is 15.2 Å². The lowest BCUT2D eigenvalue weighted by atomic mass is 10.3. The predicted molar refractivity (Wildman–Crippen MR) is 60.0 cm³/mol. The quantitative estimate of drug-likeness (QED) is 0.475. The first kappa shape index (κ1) is 11.5. The third-order valence-corrected chi connectivity index (χ3v) is 1.75. The van der Waals surface area contributed by atoms with Gasteiger partial charge < -0.3 is 15.2 Å². The van der Waals surface area contributed by atoms with Gasteiger partial charge in [0.1, 0.15) is 11.5 Å². The van der Waals surface area contributed by atoms with Gasteiger partial charge in [-0.25, -0.2) is 0 Å². The van der Waals surface area contributed by atoms with E-state index in [1.54, 1.807) is 31.4 Å². The molecular weight excluding hydrogens is 214 g/mol. The molecule has 0 amide bonds. The summed E-state index contributed by atoms with van der Waals surface area (Å²) in [6.45, 7) is 0. The number of nitrogens with two attached hydrogens (primary N) is 1. The van der Waals surface area contributed by atoms with Crippen molar-refractivity contribution in [1.29, 1.82) is 0 Å². The maximum atomic E-state index is 11.2. The van der Waals surface area contributed by atoms with E-state index in [0.717, 1.165) is 0 Å². The van der Waals surface area contributed by atoms with Gasteiger partial charge in [0.2, 0.25) is 0 Å². The van der Waals surface area contributed by atoms with Crippen molar-refractivity contribution in [3.05, 3.63) is 24.3 Å². The maximum absolute atomic E-state index is 11.2. The van der Waals surface area contributed by atoms with E-state index in [1.807, 2.05) is 0 Å². The first-order valence-electron chi connectivity index (χ1n) is 4.25. The van der Waals surface area contributed by atoms with Gasteiger partial charge in [-0.3, -0.25) is 4.79 Å². The third-order valence-electron chi connectivity index (χ3n) is 1.61. The molecule has 0 radical (unpaired) electrons. The number of rotatable bonds is 4. The van der Waals surface area contributed by atoms with E-state index >= 15 is 0 Å². The van der Waals surface area contributed by atoms with Crippen molar-refractivity contribution in [3.8, 4) is 11.5 Å². The van der Waals surface area contributed by atoms with E-state index in [0.29, 0.717) is 11.5 Å². The van der Waals surface area contributed by atoms with Crippen LogP contribution in [0.1, 0.15) is 6.42 Å². The average Bonchev–Trinajstić information content (AvgIpc) is 2.17. The van der Waals surface area contributed by atoms with Crippen LogP contribution in [-0.2, 0) is 4.79 Å². The molecule has 0 spiro atoms. The molecule has 5 heteroatoms. The molecule has 0 saturated carbocycles. The van der Waals surface area contributed by atoms with Gasteiger partial charge in [-0.05, 0) is 24.3 Å². The normalized spacial score (nSPS) is 9.40. The van der Waals surface area contributed by atoms with Gasteiger partial charge in [0, 0.05) is 0 Å². The van der Waals surface area contributed by atoms with E-state index < -0.39 is 5.97 Å². The van der Waals surface area contributed by atoms with Crippen LogP contribution >= 0.6 is 12.2 Å². The molecule has 0 saturated heterocycles. The van der Waals surface area contributed by atoms with Gasteiger partial charge in [0.25, 0.3) is 0 Å². The molecule has 80 valence electrons. The topological polar surface area (TPSA) is 61.5 Å². The van der Waals surface area contributed by atoms with Crippen molar-refractivity contribution < 1.29 is 14.3 Å². The zero-order valence-electron chi connectivity index (χ0n) is 8.23. The summed E-state index contributed by atoms with van der Waals surface area (Å²) >= 11 is 4.58. The summed E-state index contributed by atoms with van der Waals surface area (Å²) in [5.74, 6) is 0.675. The molecule has 0 bridgehead atoms. The monoisotopic (exact) mass is 225 g/mol. The Kier molecular flexibility index (Phi) is 4.05. The molecule has 2 N–H and O–H groups in total. The highest BCUT2D eigenvalue weighted by Crippen LogP contribution is 2.17. The van der Waals surface area contributed by atoms with Crippen molar-refractivity contribution in [3.63, 3.8) is 0 Å². The van der Waals surface area contributed by atoms with E-state index in [1.165, 1.54) is 0 Å². The molecule has 0 aliphatic carbocycles. The molecule has 0 aliphatic heterocycles. The minimum absolute atomic E-state index is 0.0542. The summed E-state index contributed by atoms with van der Waals surface area (Å²) in [7, 11) is 1.56. The molecule has 1 rings (SSSR count). The van der Waals surface area contributed by atoms with Gasteiger partial charge in [0.15, 0.2) is 0 Å². The Labute approximate surface area is 93.0 Å². The standard InChI is InChI=1S/C10H11NO3S/c1-13-7-2-4-8(5-3-7)14-10(12)6-9(11)15/h2-5H,6H2,1H3,(H2,11,15). The maximum Gasteiger partial charge on any atom is 0.318 e. The summed E-state index contributed by atoms with van der Waals surface area (Å²) in [4.78, 5) is 11.3. The second-order valence-corrected chi connectivity index (χ2v) is 3.32. The Morgan fingerprint density at radius 3 is 2.33 bits per heavy atom. The zero-order chi connectivity index (χ0) is 11.3. The number of carbonyl (C=O) groups is 1. The van der Waals surface area contributed by atoms with Crippen molar-refractivity contribution in [2.75, 3.05) is 7.11 Å². The van der Waals surface area contributed by atoms with Gasteiger partial charge in [-0.1, -0.05) is 12.2 Å². The first-order chi connectivity index (χ1) is 7.11. The highest BCUT2D eigenvalue weighted by atomic mass is 32.1. The number of benzene rings is 1. The predicted octanol–water partition coefficient (Wildman–Crippen LogP) is 1.28. The molecule has 4 nitrogen and oxygen atoms in total. The SMILES string of the molecule is COc1ccc(OC(=O)CC(N)=S)cc1. The fourth-order valence-corrected chi connectivity index (χ4v) is 1.07. The van der Waals surface area contributed by atoms with Crippen LogP contribution in [0.3, 0.4) is 0 Å². The highest BCUT2D eigenvalue weighted by molar-refractivity contribution is 7.80. The summed E-state index contributed by atoms with van der Waals surface area (Å²) in [5.41, 5.74) is 5.20. The lowest BCUT2D eigenvalue weighted by Crippen LogP contribution is -2.18. The van der Waals surface area contributed by atoms with E-state index in [2.05, 4.69) is 12.2 Å². The summed E-state index contributed by atoms with van der Waals surface area (Å²) < 4.78 is 9.92. The minimum Gasteiger partial charge on any atom is -0.497 e. The zero-order valence-corrected chi connectivity index (χ0v) is 9.04. The largest absolute Gasteiger partial charge is 0.497 e. The molecule has 0 atom stereocenters. The molecule has 1 aromatic rings. The Morgan fingerprint density at radius 2 is 1.87 bits per heavy atom. The fraction of sp³-hybridized carbons (Fsp3) is 0.200. The number of thiocarbonyl (C=S) groups is 1. The Balaban J connectivity index is 2.57. The lowest BCUT2D eigenvalue weighted by molar-refractivity contribution is -0.132. The number of ether oxygens (including phenoxy) is 2. The Bertz CT molecular complexity index is 361. The van der Waals surface area contributed by atoms with Crippen LogP contribution in [0.25, 0.3) is 0 Å². The molecule has 0 heterocycles. The van der Waals surface area contributed by atoms with Crippen LogP contribution in [-0.4, -0.2) is 18.1 Å². The number of carbonyl (C=O) groups excluding carboxylic acids is 1. The van der Waals surface area contributed by atoms with Crippen LogP contribution in [0.2, 0.25) is 0 Å². The van der Waals surface area contributed by atoms with Gasteiger partial charge in [-0.15, -0.1) is 0 Å². The second kappa shape index (κ2) is 5.31. The van der Waals surface area contributed by atoms with Crippen molar-refractivity contribution in [1.82, 2.24) is 0 Å². The number of esters is 1.